The number of carbonyl (C=O) groups excluding carboxylic acids is 1. The number of carbonyl (C=O) groups is 2. The van der Waals surface area contributed by atoms with E-state index in [-0.39, 0.29) is 19.0 Å². The lowest BCUT2D eigenvalue weighted by Crippen LogP contribution is -2.38. The highest BCUT2D eigenvalue weighted by Crippen LogP contribution is 2.02. The zero-order chi connectivity index (χ0) is 15.8. The number of carboxylic acid groups (broad SMARTS) is 1. The second-order valence-corrected chi connectivity index (χ2v) is 4.83. The van der Waals surface area contributed by atoms with Crippen LogP contribution in [0, 0.1) is 13.8 Å². The number of hydrogen-bond acceptors (Lipinski definition) is 4. The minimum atomic E-state index is -1.45. The lowest BCUT2D eigenvalue weighted by molar-refractivity contribution is -0.146. The van der Waals surface area contributed by atoms with Crippen LogP contribution in [0.5, 0.6) is 0 Å². The van der Waals surface area contributed by atoms with Crippen molar-refractivity contribution < 1.29 is 19.8 Å². The van der Waals surface area contributed by atoms with E-state index in [1.165, 1.54) is 0 Å². The van der Waals surface area contributed by atoms with Gasteiger partial charge in [0.15, 0.2) is 6.10 Å². The maximum atomic E-state index is 11.4. The summed E-state index contributed by atoms with van der Waals surface area (Å²) in [5.41, 5.74) is 2.05. The quantitative estimate of drug-likeness (QED) is 0.505. The topological polar surface area (TPSA) is 116 Å². The molecule has 0 spiro atoms. The summed E-state index contributed by atoms with van der Waals surface area (Å²) >= 11 is 0. The molecular weight excluding hydrogens is 276 g/mol. The molecule has 2 amide bonds. The van der Waals surface area contributed by atoms with Gasteiger partial charge in [0.05, 0.1) is 5.69 Å². The number of nitrogens with zero attached hydrogens (tertiary/aromatic N) is 2. The second-order valence-electron chi connectivity index (χ2n) is 4.83. The Labute approximate surface area is 123 Å². The van der Waals surface area contributed by atoms with Crippen molar-refractivity contribution in [2.24, 2.45) is 0 Å². The van der Waals surface area contributed by atoms with Crippen LogP contribution in [0.4, 0.5) is 4.79 Å². The zero-order valence-electron chi connectivity index (χ0n) is 12.3. The van der Waals surface area contributed by atoms with Gasteiger partial charge in [-0.2, -0.15) is 5.10 Å². The van der Waals surface area contributed by atoms with E-state index in [2.05, 4.69) is 15.7 Å². The Morgan fingerprint density at radius 3 is 2.57 bits per heavy atom. The molecule has 0 aromatic carbocycles. The SMILES string of the molecule is Cc1cc(C)n(CCCNC(=O)NCC[C@H](O)C(=O)O)n1. The number of amides is 2. The molecule has 1 aromatic heterocycles. The molecular formula is C13H22N4O4. The highest BCUT2D eigenvalue weighted by Gasteiger charge is 2.12. The number of aliphatic carboxylic acids is 1. The first kappa shape index (κ1) is 17.0. The van der Waals surface area contributed by atoms with Crippen LogP contribution in [0.15, 0.2) is 6.07 Å². The number of nitrogens with one attached hydrogen (secondary N) is 2. The van der Waals surface area contributed by atoms with Gasteiger partial charge < -0.3 is 20.8 Å². The number of rotatable bonds is 8. The normalized spacial score (nSPS) is 12.0. The molecule has 8 nitrogen and oxygen atoms in total. The van der Waals surface area contributed by atoms with E-state index in [0.717, 1.165) is 24.4 Å². The number of carboxylic acids is 1. The molecule has 0 saturated heterocycles. The lowest BCUT2D eigenvalue weighted by Gasteiger charge is -2.09. The van der Waals surface area contributed by atoms with E-state index in [1.54, 1.807) is 0 Å². The Morgan fingerprint density at radius 1 is 1.33 bits per heavy atom. The molecule has 0 aliphatic heterocycles. The first-order valence-corrected chi connectivity index (χ1v) is 6.83. The Balaban J connectivity index is 2.11. The van der Waals surface area contributed by atoms with E-state index < -0.39 is 12.1 Å². The predicted molar refractivity (Wildman–Crippen MR) is 76.0 cm³/mol. The molecule has 1 rings (SSSR count). The standard InChI is InChI=1S/C13H22N4O4/c1-9-8-10(2)17(16-9)7-3-5-14-13(21)15-6-4-11(18)12(19)20/h8,11,18H,3-7H2,1-2H3,(H,19,20)(H2,14,15,21)/t11-/m0/s1. The summed E-state index contributed by atoms with van der Waals surface area (Å²) in [6, 6.07) is 1.62. The molecule has 8 heteroatoms. The van der Waals surface area contributed by atoms with Crippen molar-refractivity contribution in [2.75, 3.05) is 13.1 Å². The first-order chi connectivity index (χ1) is 9.90. The second kappa shape index (κ2) is 8.25. The first-order valence-electron chi connectivity index (χ1n) is 6.83. The highest BCUT2D eigenvalue weighted by molar-refractivity contribution is 5.74. The fourth-order valence-electron chi connectivity index (χ4n) is 1.84. The van der Waals surface area contributed by atoms with Gasteiger partial charge in [0.1, 0.15) is 0 Å². The number of aliphatic hydroxyl groups excluding tert-OH is 1. The zero-order valence-corrected chi connectivity index (χ0v) is 12.3. The molecule has 1 heterocycles. The fraction of sp³-hybridized carbons (Fsp3) is 0.615. The third-order valence-electron chi connectivity index (χ3n) is 2.92. The molecule has 4 N–H and O–H groups in total. The highest BCUT2D eigenvalue weighted by atomic mass is 16.4. The average molecular weight is 298 g/mol. The summed E-state index contributed by atoms with van der Waals surface area (Å²) in [6.45, 7) is 5.23. The maximum absolute atomic E-state index is 11.4. The van der Waals surface area contributed by atoms with Crippen LogP contribution in [0.2, 0.25) is 0 Å². The molecule has 118 valence electrons. The van der Waals surface area contributed by atoms with Crippen molar-refractivity contribution in [2.45, 2.75) is 39.3 Å². The number of aliphatic hydroxyl groups is 1. The Hall–Kier alpha value is -2.09. The third-order valence-corrected chi connectivity index (χ3v) is 2.92. The van der Waals surface area contributed by atoms with Crippen molar-refractivity contribution in [3.8, 4) is 0 Å². The van der Waals surface area contributed by atoms with Gasteiger partial charge in [-0.3, -0.25) is 4.68 Å². The van der Waals surface area contributed by atoms with Crippen molar-refractivity contribution >= 4 is 12.0 Å². The minimum Gasteiger partial charge on any atom is -0.479 e. The summed E-state index contributed by atoms with van der Waals surface area (Å²) in [5, 5.41) is 27.0. The Bertz CT molecular complexity index is 487. The van der Waals surface area contributed by atoms with Gasteiger partial charge in [0.2, 0.25) is 0 Å². The largest absolute Gasteiger partial charge is 0.479 e. The molecule has 0 radical (unpaired) electrons. The fourth-order valence-corrected chi connectivity index (χ4v) is 1.84. The maximum Gasteiger partial charge on any atom is 0.332 e. The minimum absolute atomic E-state index is 0.0193. The van der Waals surface area contributed by atoms with Gasteiger partial charge in [-0.15, -0.1) is 0 Å². The van der Waals surface area contributed by atoms with Crippen LogP contribution in [0.25, 0.3) is 0 Å². The molecule has 0 aliphatic rings. The van der Waals surface area contributed by atoms with Gasteiger partial charge in [-0.1, -0.05) is 0 Å². The Kier molecular flexibility index (Phi) is 6.67. The number of hydrogen-bond donors (Lipinski definition) is 4. The van der Waals surface area contributed by atoms with E-state index in [0.29, 0.717) is 6.54 Å². The van der Waals surface area contributed by atoms with Gasteiger partial charge in [0.25, 0.3) is 0 Å². The number of aromatic nitrogens is 2. The third kappa shape index (κ3) is 6.26. The van der Waals surface area contributed by atoms with Gasteiger partial charge in [-0.05, 0) is 26.3 Å². The molecule has 0 fully saturated rings. The molecule has 0 aliphatic carbocycles. The van der Waals surface area contributed by atoms with Crippen LogP contribution >= 0.6 is 0 Å². The van der Waals surface area contributed by atoms with Crippen molar-refractivity contribution in [1.29, 1.82) is 0 Å². The molecule has 0 saturated carbocycles. The monoisotopic (exact) mass is 298 g/mol. The molecule has 21 heavy (non-hydrogen) atoms. The summed E-state index contributed by atoms with van der Waals surface area (Å²) in [5.74, 6) is -1.29. The van der Waals surface area contributed by atoms with Gasteiger partial charge in [0, 0.05) is 31.7 Å². The van der Waals surface area contributed by atoms with E-state index in [9.17, 15) is 9.59 Å². The van der Waals surface area contributed by atoms with Gasteiger partial charge >= 0.3 is 12.0 Å². The van der Waals surface area contributed by atoms with Crippen molar-refractivity contribution in [3.05, 3.63) is 17.5 Å². The van der Waals surface area contributed by atoms with Crippen LogP contribution in [0.1, 0.15) is 24.2 Å². The van der Waals surface area contributed by atoms with E-state index >= 15 is 0 Å². The van der Waals surface area contributed by atoms with Crippen LogP contribution in [-0.2, 0) is 11.3 Å². The Morgan fingerprint density at radius 2 is 2.00 bits per heavy atom. The van der Waals surface area contributed by atoms with Crippen molar-refractivity contribution in [1.82, 2.24) is 20.4 Å². The molecule has 1 atom stereocenters. The van der Waals surface area contributed by atoms with E-state index in [1.807, 2.05) is 24.6 Å². The average Bonchev–Trinajstić information content (AvgIpc) is 2.72. The summed E-state index contributed by atoms with van der Waals surface area (Å²) < 4.78 is 1.89. The number of aryl methyl sites for hydroxylation is 3. The summed E-state index contributed by atoms with van der Waals surface area (Å²) in [7, 11) is 0. The molecule has 1 aromatic rings. The van der Waals surface area contributed by atoms with Crippen LogP contribution < -0.4 is 10.6 Å². The van der Waals surface area contributed by atoms with Crippen LogP contribution in [0.3, 0.4) is 0 Å². The summed E-state index contributed by atoms with van der Waals surface area (Å²) in [6.07, 6.45) is -0.724. The van der Waals surface area contributed by atoms with E-state index in [4.69, 9.17) is 10.2 Å². The lowest BCUT2D eigenvalue weighted by atomic mass is 10.2. The molecule has 0 bridgehead atoms. The summed E-state index contributed by atoms with van der Waals surface area (Å²) in [4.78, 5) is 21.8. The van der Waals surface area contributed by atoms with Crippen LogP contribution in [-0.4, -0.2) is 51.2 Å². The van der Waals surface area contributed by atoms with Crippen molar-refractivity contribution in [3.63, 3.8) is 0 Å². The predicted octanol–water partition coefficient (Wildman–Crippen LogP) is 0.0248. The smallest absolute Gasteiger partial charge is 0.332 e. The van der Waals surface area contributed by atoms with Gasteiger partial charge in [-0.25, -0.2) is 9.59 Å². The number of urea groups is 1. The molecule has 0 unspecified atom stereocenters.